The van der Waals surface area contributed by atoms with Crippen LogP contribution in [0.3, 0.4) is 0 Å². The third kappa shape index (κ3) is 2.23. The van der Waals surface area contributed by atoms with Crippen LogP contribution in [-0.2, 0) is 19.1 Å². The first-order valence-electron chi connectivity index (χ1n) is 10.5. The first kappa shape index (κ1) is 16.7. The number of hydrogen-bond acceptors (Lipinski definition) is 4. The molecule has 0 amide bonds. The van der Waals surface area contributed by atoms with Crippen LogP contribution in [-0.4, -0.2) is 23.1 Å². The average Bonchev–Trinajstić information content (AvgIpc) is 3.28. The van der Waals surface area contributed by atoms with E-state index in [4.69, 9.17) is 4.74 Å². The van der Waals surface area contributed by atoms with Crippen LogP contribution in [0.15, 0.2) is 12.2 Å². The lowest BCUT2D eigenvalue weighted by molar-refractivity contribution is -0.169. The molecule has 140 valence electrons. The Morgan fingerprint density at radius 1 is 0.962 bits per heavy atom. The summed E-state index contributed by atoms with van der Waals surface area (Å²) in [6.45, 7) is 2.07. The number of rotatable bonds is 2. The predicted molar refractivity (Wildman–Crippen MR) is 95.0 cm³/mol. The molecule has 0 saturated heterocycles. The number of hydrogen-bond donors (Lipinski definition) is 0. The third-order valence-corrected chi connectivity index (χ3v) is 8.03. The van der Waals surface area contributed by atoms with Gasteiger partial charge in [-0.2, -0.15) is 0 Å². The number of allylic oxidation sites excluding steroid dienone is 2. The molecule has 4 heteroatoms. The minimum atomic E-state index is -0.383. The highest BCUT2D eigenvalue weighted by Gasteiger charge is 2.69. The lowest BCUT2D eigenvalue weighted by atomic mass is 9.69. The Morgan fingerprint density at radius 2 is 1.58 bits per heavy atom. The molecule has 4 bridgehead atoms. The Morgan fingerprint density at radius 3 is 2.27 bits per heavy atom. The van der Waals surface area contributed by atoms with Crippen molar-refractivity contribution in [1.82, 2.24) is 0 Å². The summed E-state index contributed by atoms with van der Waals surface area (Å²) in [4.78, 5) is 38.3. The minimum absolute atomic E-state index is 0.0615. The molecule has 0 heterocycles. The summed E-state index contributed by atoms with van der Waals surface area (Å²) in [6, 6.07) is 0. The van der Waals surface area contributed by atoms with E-state index in [-0.39, 0.29) is 64.6 Å². The summed E-state index contributed by atoms with van der Waals surface area (Å²) in [5.74, 6) is -0.333. The molecule has 5 aliphatic carbocycles. The molecule has 4 fully saturated rings. The predicted octanol–water partition coefficient (Wildman–Crippen LogP) is 3.48. The van der Waals surface area contributed by atoms with Gasteiger partial charge in [0.25, 0.3) is 0 Å². The van der Waals surface area contributed by atoms with Crippen molar-refractivity contribution in [3.63, 3.8) is 0 Å². The summed E-state index contributed by atoms with van der Waals surface area (Å²) in [5.41, 5.74) is -0.383. The van der Waals surface area contributed by atoms with Crippen LogP contribution in [0.5, 0.6) is 0 Å². The van der Waals surface area contributed by atoms with E-state index in [0.717, 1.165) is 25.7 Å². The smallest absolute Gasteiger partial charge is 0.310 e. The number of carbonyl (C=O) groups excluding carboxylic acids is 3. The number of Topliss-reactive ketones (excluding diaryl/α,β-unsaturated/α-hetero) is 2. The second-order valence-corrected chi connectivity index (χ2v) is 9.51. The van der Waals surface area contributed by atoms with Gasteiger partial charge in [-0.15, -0.1) is 0 Å². The Labute approximate surface area is 154 Å². The van der Waals surface area contributed by atoms with Gasteiger partial charge in [0.2, 0.25) is 0 Å². The van der Waals surface area contributed by atoms with E-state index >= 15 is 0 Å². The summed E-state index contributed by atoms with van der Waals surface area (Å²) >= 11 is 0. The molecule has 4 nitrogen and oxygen atoms in total. The van der Waals surface area contributed by atoms with E-state index in [1.54, 1.807) is 0 Å². The molecule has 7 unspecified atom stereocenters. The fourth-order valence-corrected chi connectivity index (χ4v) is 6.85. The second-order valence-electron chi connectivity index (χ2n) is 9.51. The first-order valence-corrected chi connectivity index (χ1v) is 10.5. The van der Waals surface area contributed by atoms with E-state index in [2.05, 4.69) is 6.92 Å². The van der Waals surface area contributed by atoms with Crippen LogP contribution >= 0.6 is 0 Å². The molecule has 4 saturated carbocycles. The number of fused-ring (bicyclic) bond motifs is 9. The molecule has 0 aliphatic heterocycles. The van der Waals surface area contributed by atoms with E-state index < -0.39 is 0 Å². The molecule has 0 N–H and O–H groups in total. The van der Waals surface area contributed by atoms with Gasteiger partial charge in [-0.25, -0.2) is 0 Å². The van der Waals surface area contributed by atoms with Crippen molar-refractivity contribution in [3.8, 4) is 0 Å². The van der Waals surface area contributed by atoms with Gasteiger partial charge >= 0.3 is 5.97 Å². The van der Waals surface area contributed by atoms with E-state index in [1.807, 2.05) is 12.2 Å². The van der Waals surface area contributed by atoms with Crippen LogP contribution in [0.2, 0.25) is 0 Å². The van der Waals surface area contributed by atoms with Crippen molar-refractivity contribution >= 4 is 17.5 Å². The van der Waals surface area contributed by atoms with Crippen LogP contribution in [0.4, 0.5) is 0 Å². The molecule has 0 aromatic heterocycles. The molecule has 26 heavy (non-hydrogen) atoms. The number of carbonyl (C=O) groups is 3. The Balaban J connectivity index is 1.34. The highest BCUT2D eigenvalue weighted by Crippen LogP contribution is 2.64. The van der Waals surface area contributed by atoms with Gasteiger partial charge in [-0.1, -0.05) is 31.4 Å². The zero-order valence-electron chi connectivity index (χ0n) is 15.5. The van der Waals surface area contributed by atoms with Crippen LogP contribution < -0.4 is 0 Å². The monoisotopic (exact) mass is 356 g/mol. The van der Waals surface area contributed by atoms with Gasteiger partial charge in [-0.05, 0) is 50.9 Å². The normalized spacial score (nSPS) is 45.5. The van der Waals surface area contributed by atoms with Crippen molar-refractivity contribution in [2.24, 2.45) is 41.4 Å². The Hall–Kier alpha value is -1.45. The SMILES string of the molecule is CC1(OC(=O)C2CC3C(=O)C2C2C4C=CC(C4=O)C32)CCCCCCC1. The lowest BCUT2D eigenvalue weighted by Gasteiger charge is -2.36. The topological polar surface area (TPSA) is 60.4 Å². The van der Waals surface area contributed by atoms with Gasteiger partial charge in [-0.3, -0.25) is 14.4 Å². The van der Waals surface area contributed by atoms with Gasteiger partial charge in [0, 0.05) is 23.7 Å². The molecule has 0 radical (unpaired) electrons. The summed E-state index contributed by atoms with van der Waals surface area (Å²) in [6.07, 6.45) is 12.3. The second kappa shape index (κ2) is 5.77. The van der Waals surface area contributed by atoms with Gasteiger partial charge in [0.15, 0.2) is 0 Å². The Kier molecular flexibility index (Phi) is 3.71. The van der Waals surface area contributed by atoms with Crippen molar-refractivity contribution < 1.29 is 19.1 Å². The minimum Gasteiger partial charge on any atom is -0.459 e. The molecule has 0 aromatic carbocycles. The fourth-order valence-electron chi connectivity index (χ4n) is 6.85. The highest BCUT2D eigenvalue weighted by molar-refractivity contribution is 6.01. The number of ether oxygens (including phenoxy) is 1. The zero-order valence-corrected chi connectivity index (χ0v) is 15.5. The number of esters is 1. The number of ketones is 2. The molecular formula is C22H28O4. The van der Waals surface area contributed by atoms with Crippen molar-refractivity contribution in [3.05, 3.63) is 12.2 Å². The molecule has 5 rings (SSSR count). The first-order chi connectivity index (χ1) is 12.5. The summed E-state index contributed by atoms with van der Waals surface area (Å²) < 4.78 is 6.06. The van der Waals surface area contributed by atoms with Crippen LogP contribution in [0.25, 0.3) is 0 Å². The molecule has 0 aromatic rings. The highest BCUT2D eigenvalue weighted by atomic mass is 16.6. The van der Waals surface area contributed by atoms with Gasteiger partial charge in [0.1, 0.15) is 17.2 Å². The van der Waals surface area contributed by atoms with Crippen molar-refractivity contribution in [2.45, 2.75) is 63.9 Å². The van der Waals surface area contributed by atoms with Crippen LogP contribution in [0.1, 0.15) is 58.3 Å². The lowest BCUT2D eigenvalue weighted by Crippen LogP contribution is -2.40. The van der Waals surface area contributed by atoms with Crippen LogP contribution in [0, 0.1) is 41.4 Å². The maximum atomic E-state index is 13.1. The molecule has 0 spiro atoms. The van der Waals surface area contributed by atoms with E-state index in [0.29, 0.717) is 6.42 Å². The van der Waals surface area contributed by atoms with Crippen molar-refractivity contribution in [1.29, 1.82) is 0 Å². The third-order valence-electron chi connectivity index (χ3n) is 8.03. The summed E-state index contributed by atoms with van der Waals surface area (Å²) in [5, 5.41) is 0. The van der Waals surface area contributed by atoms with E-state index in [1.165, 1.54) is 19.3 Å². The standard InChI is InChI=1S/C22H28O4/c1-22(9-5-3-2-4-6-10-22)26-21(25)15-11-14-16-12-7-8-13(19(12)23)17(16)18(15)20(14)24/h7-8,12-18H,2-6,9-11H2,1H3. The van der Waals surface area contributed by atoms with E-state index in [9.17, 15) is 14.4 Å². The quantitative estimate of drug-likeness (QED) is 0.432. The van der Waals surface area contributed by atoms with Crippen molar-refractivity contribution in [2.75, 3.05) is 0 Å². The summed E-state index contributed by atoms with van der Waals surface area (Å²) in [7, 11) is 0. The molecule has 5 aliphatic rings. The van der Waals surface area contributed by atoms with Gasteiger partial charge < -0.3 is 4.74 Å². The molecule has 7 atom stereocenters. The maximum Gasteiger partial charge on any atom is 0.310 e. The average molecular weight is 356 g/mol. The maximum absolute atomic E-state index is 13.1. The zero-order chi connectivity index (χ0) is 18.1. The largest absolute Gasteiger partial charge is 0.459 e. The fraction of sp³-hybridized carbons (Fsp3) is 0.773. The van der Waals surface area contributed by atoms with Gasteiger partial charge in [0.05, 0.1) is 5.92 Å². The molecular weight excluding hydrogens is 328 g/mol. The Bertz CT molecular complexity index is 684.